The Bertz CT molecular complexity index is 956. The number of carbonyl (C=O) groups excluding carboxylic acids is 1. The normalized spacial score (nSPS) is 11.2. The van der Waals surface area contributed by atoms with Crippen LogP contribution in [0.15, 0.2) is 46.0 Å². The number of rotatable bonds is 4. The summed E-state index contributed by atoms with van der Waals surface area (Å²) in [6.07, 6.45) is 1.60. The number of nitrogens with one attached hydrogen (secondary N) is 1. The summed E-state index contributed by atoms with van der Waals surface area (Å²) < 4.78 is 7.10. The minimum Gasteiger partial charge on any atom is -0.360 e. The van der Waals surface area contributed by atoms with Gasteiger partial charge < -0.3 is 4.52 Å². The van der Waals surface area contributed by atoms with Crippen LogP contribution in [0.3, 0.4) is 0 Å². The third-order valence-electron chi connectivity index (χ3n) is 3.80. The van der Waals surface area contributed by atoms with Gasteiger partial charge in [0.25, 0.3) is 5.91 Å². The van der Waals surface area contributed by atoms with E-state index in [-0.39, 0.29) is 5.91 Å². The van der Waals surface area contributed by atoms with Crippen LogP contribution in [0.1, 0.15) is 33.1 Å². The van der Waals surface area contributed by atoms with Crippen LogP contribution in [0.2, 0.25) is 5.02 Å². The van der Waals surface area contributed by atoms with Gasteiger partial charge in [-0.1, -0.05) is 28.9 Å². The molecule has 0 radical (unpaired) electrons. The highest BCUT2D eigenvalue weighted by molar-refractivity contribution is 6.33. The highest BCUT2D eigenvalue weighted by atomic mass is 35.5. The van der Waals surface area contributed by atoms with E-state index in [0.29, 0.717) is 16.4 Å². The monoisotopic (exact) mass is 356 g/mol. The lowest BCUT2D eigenvalue weighted by atomic mass is 10.2. The Morgan fingerprint density at radius 2 is 2.04 bits per heavy atom. The van der Waals surface area contributed by atoms with Crippen LogP contribution in [-0.4, -0.2) is 21.8 Å². The van der Waals surface area contributed by atoms with E-state index in [2.05, 4.69) is 15.7 Å². The molecule has 25 heavy (non-hydrogen) atoms. The van der Waals surface area contributed by atoms with E-state index >= 15 is 0 Å². The molecule has 1 N–H and O–H groups in total. The first-order valence-corrected chi connectivity index (χ1v) is 8.05. The summed E-state index contributed by atoms with van der Waals surface area (Å²) in [5.41, 5.74) is 5.68. The fraction of sp³-hybridized carbons (Fsp3) is 0.167. The quantitative estimate of drug-likeness (QED) is 0.570. The molecule has 1 amide bonds. The number of hydrazone groups is 1. The van der Waals surface area contributed by atoms with Crippen molar-refractivity contribution in [3.63, 3.8) is 0 Å². The molecule has 2 aromatic heterocycles. The van der Waals surface area contributed by atoms with Gasteiger partial charge in [-0.15, -0.1) is 0 Å². The van der Waals surface area contributed by atoms with Crippen molar-refractivity contribution < 1.29 is 9.32 Å². The Morgan fingerprint density at radius 1 is 1.28 bits per heavy atom. The lowest BCUT2D eigenvalue weighted by molar-refractivity contribution is 0.0955. The predicted molar refractivity (Wildman–Crippen MR) is 96.6 cm³/mol. The molecule has 1 aromatic carbocycles. The molecule has 3 aromatic rings. The van der Waals surface area contributed by atoms with Crippen LogP contribution >= 0.6 is 11.6 Å². The number of benzene rings is 1. The second-order valence-electron chi connectivity index (χ2n) is 5.64. The van der Waals surface area contributed by atoms with E-state index in [4.69, 9.17) is 16.1 Å². The molecule has 128 valence electrons. The summed E-state index contributed by atoms with van der Waals surface area (Å²) in [6, 6.07) is 10.6. The van der Waals surface area contributed by atoms with Gasteiger partial charge in [0, 0.05) is 23.0 Å². The first kappa shape index (κ1) is 17.0. The number of carbonyl (C=O) groups is 1. The third kappa shape index (κ3) is 3.49. The Labute approximate surface area is 150 Å². The van der Waals surface area contributed by atoms with Crippen LogP contribution in [-0.2, 0) is 0 Å². The van der Waals surface area contributed by atoms with Crippen molar-refractivity contribution in [1.29, 1.82) is 0 Å². The highest BCUT2D eigenvalue weighted by Crippen LogP contribution is 2.19. The maximum absolute atomic E-state index is 12.1. The van der Waals surface area contributed by atoms with Gasteiger partial charge in [0.05, 0.1) is 16.8 Å². The zero-order chi connectivity index (χ0) is 18.0. The molecule has 0 aliphatic carbocycles. The van der Waals surface area contributed by atoms with Crippen molar-refractivity contribution in [2.75, 3.05) is 0 Å². The first-order valence-electron chi connectivity index (χ1n) is 7.68. The number of amides is 1. The van der Waals surface area contributed by atoms with E-state index in [0.717, 1.165) is 22.7 Å². The third-order valence-corrected chi connectivity index (χ3v) is 4.13. The molecule has 0 unspecified atom stereocenters. The summed E-state index contributed by atoms with van der Waals surface area (Å²) in [5, 5.41) is 8.45. The van der Waals surface area contributed by atoms with Crippen molar-refractivity contribution in [1.82, 2.24) is 15.1 Å². The van der Waals surface area contributed by atoms with E-state index in [1.54, 1.807) is 30.5 Å². The molecule has 0 saturated carbocycles. The molecular formula is C18H17ClN4O2. The molecule has 2 heterocycles. The smallest absolute Gasteiger partial charge is 0.272 e. The number of halogens is 1. The maximum Gasteiger partial charge on any atom is 0.272 e. The van der Waals surface area contributed by atoms with Gasteiger partial charge in [0.15, 0.2) is 5.82 Å². The van der Waals surface area contributed by atoms with Crippen LogP contribution in [0, 0.1) is 20.8 Å². The number of hydrogen-bond acceptors (Lipinski definition) is 4. The fourth-order valence-corrected chi connectivity index (χ4v) is 2.82. The topological polar surface area (TPSA) is 72.4 Å². The lowest BCUT2D eigenvalue weighted by Crippen LogP contribution is -2.18. The average Bonchev–Trinajstić information content (AvgIpc) is 3.11. The average molecular weight is 357 g/mol. The minimum absolute atomic E-state index is 0.359. The number of hydrogen-bond donors (Lipinski definition) is 1. The maximum atomic E-state index is 12.1. The van der Waals surface area contributed by atoms with Crippen LogP contribution in [0.25, 0.3) is 5.82 Å². The lowest BCUT2D eigenvalue weighted by Gasteiger charge is -2.04. The fourth-order valence-electron chi connectivity index (χ4n) is 2.60. The molecule has 0 atom stereocenters. The number of aromatic nitrogens is 2. The molecular weight excluding hydrogens is 340 g/mol. The molecule has 7 heteroatoms. The van der Waals surface area contributed by atoms with Gasteiger partial charge >= 0.3 is 0 Å². The van der Waals surface area contributed by atoms with Gasteiger partial charge in [-0.3, -0.25) is 9.36 Å². The summed E-state index contributed by atoms with van der Waals surface area (Å²) in [4.78, 5) is 12.1. The van der Waals surface area contributed by atoms with E-state index in [1.165, 1.54) is 0 Å². The Hall–Kier alpha value is -2.86. The summed E-state index contributed by atoms with van der Waals surface area (Å²) in [5.74, 6) is 1.10. The van der Waals surface area contributed by atoms with Crippen molar-refractivity contribution in [2.24, 2.45) is 5.10 Å². The zero-order valence-corrected chi connectivity index (χ0v) is 14.8. The van der Waals surface area contributed by atoms with Crippen molar-refractivity contribution >= 4 is 23.7 Å². The summed E-state index contributed by atoms with van der Waals surface area (Å²) in [7, 11) is 0. The van der Waals surface area contributed by atoms with Crippen LogP contribution in [0.5, 0.6) is 0 Å². The molecule has 0 saturated heterocycles. The minimum atomic E-state index is -0.359. The van der Waals surface area contributed by atoms with Gasteiger partial charge in [0.1, 0.15) is 5.76 Å². The van der Waals surface area contributed by atoms with E-state index < -0.39 is 0 Å². The first-order chi connectivity index (χ1) is 12.0. The summed E-state index contributed by atoms with van der Waals surface area (Å²) >= 11 is 6.00. The predicted octanol–water partition coefficient (Wildman–Crippen LogP) is 3.81. The van der Waals surface area contributed by atoms with Crippen LogP contribution < -0.4 is 5.43 Å². The van der Waals surface area contributed by atoms with E-state index in [9.17, 15) is 4.79 Å². The van der Waals surface area contributed by atoms with Crippen molar-refractivity contribution in [3.05, 3.63) is 69.7 Å². The standard InChI is InChI=1S/C18H17ClN4O2/c1-11-8-14(13(3)23(11)17-9-12(2)25-22-17)10-20-21-18(24)15-6-4-5-7-16(15)19/h4-10H,1-3H3,(H,21,24)/b20-10+. The molecule has 0 fully saturated rings. The molecule has 3 rings (SSSR count). The second-order valence-corrected chi connectivity index (χ2v) is 6.04. The number of aryl methyl sites for hydroxylation is 2. The van der Waals surface area contributed by atoms with Gasteiger partial charge in [0.2, 0.25) is 0 Å². The Balaban J connectivity index is 1.79. The highest BCUT2D eigenvalue weighted by Gasteiger charge is 2.13. The SMILES string of the molecule is Cc1cc(-n2c(C)cc(/C=N/NC(=O)c3ccccc3Cl)c2C)no1. The molecule has 6 nitrogen and oxygen atoms in total. The van der Waals surface area contributed by atoms with Crippen molar-refractivity contribution in [3.8, 4) is 5.82 Å². The summed E-state index contributed by atoms with van der Waals surface area (Å²) in [6.45, 7) is 5.77. The second kappa shape index (κ2) is 6.94. The van der Waals surface area contributed by atoms with Gasteiger partial charge in [-0.2, -0.15) is 5.10 Å². The van der Waals surface area contributed by atoms with E-state index in [1.807, 2.05) is 37.5 Å². The van der Waals surface area contributed by atoms with Gasteiger partial charge in [-0.05, 0) is 39.0 Å². The Kier molecular flexibility index (Phi) is 4.72. The molecule has 0 bridgehead atoms. The zero-order valence-electron chi connectivity index (χ0n) is 14.1. The molecule has 0 spiro atoms. The van der Waals surface area contributed by atoms with Crippen molar-refractivity contribution in [2.45, 2.75) is 20.8 Å². The molecule has 0 aliphatic heterocycles. The molecule has 0 aliphatic rings. The van der Waals surface area contributed by atoms with Crippen LogP contribution in [0.4, 0.5) is 0 Å². The van der Waals surface area contributed by atoms with Gasteiger partial charge in [-0.25, -0.2) is 5.43 Å². The number of nitrogens with zero attached hydrogens (tertiary/aromatic N) is 3. The Morgan fingerprint density at radius 3 is 2.72 bits per heavy atom. The largest absolute Gasteiger partial charge is 0.360 e.